The van der Waals surface area contributed by atoms with Gasteiger partial charge in [-0.05, 0) is 30.7 Å². The molecule has 0 aromatic carbocycles. The van der Waals surface area contributed by atoms with Crippen molar-refractivity contribution in [3.63, 3.8) is 0 Å². The molecule has 4 heteroatoms. The zero-order valence-electron chi connectivity index (χ0n) is 7.75. The van der Waals surface area contributed by atoms with Gasteiger partial charge in [0.2, 0.25) is 0 Å². The van der Waals surface area contributed by atoms with Crippen molar-refractivity contribution < 1.29 is 4.79 Å². The van der Waals surface area contributed by atoms with Crippen LogP contribution in [0.1, 0.15) is 28.9 Å². The first-order chi connectivity index (χ1) is 6.76. The van der Waals surface area contributed by atoms with Crippen molar-refractivity contribution in [3.8, 4) is 0 Å². The van der Waals surface area contributed by atoms with Gasteiger partial charge in [-0.2, -0.15) is 0 Å². The lowest BCUT2D eigenvalue weighted by Gasteiger charge is -2.41. The Kier molecular flexibility index (Phi) is 2.93. The molecule has 2 rings (SSSR count). The quantitative estimate of drug-likeness (QED) is 0.844. The number of nitrogens with one attached hydrogen (secondary N) is 1. The summed E-state index contributed by atoms with van der Waals surface area (Å²) < 4.78 is 0. The molecule has 1 saturated carbocycles. The van der Waals surface area contributed by atoms with Crippen molar-refractivity contribution in [2.45, 2.75) is 24.8 Å². The van der Waals surface area contributed by atoms with Crippen molar-refractivity contribution in [1.29, 1.82) is 0 Å². The Balaban J connectivity index is 2.01. The van der Waals surface area contributed by atoms with E-state index >= 15 is 0 Å². The van der Waals surface area contributed by atoms with Crippen LogP contribution in [0.3, 0.4) is 0 Å². The lowest BCUT2D eigenvalue weighted by molar-refractivity contribution is 0.0861. The summed E-state index contributed by atoms with van der Waals surface area (Å²) in [6.45, 7) is 0. The molecule has 1 N–H and O–H groups in total. The molecule has 14 heavy (non-hydrogen) atoms. The van der Waals surface area contributed by atoms with Crippen molar-refractivity contribution >= 4 is 33.2 Å². The zero-order valence-corrected chi connectivity index (χ0v) is 10.2. The summed E-state index contributed by atoms with van der Waals surface area (Å²) in [5.41, 5.74) is 0.0288. The molecule has 0 radical (unpaired) electrons. The van der Waals surface area contributed by atoms with Crippen LogP contribution in [0.5, 0.6) is 0 Å². The molecule has 0 spiro atoms. The molecule has 0 atom stereocenters. The van der Waals surface area contributed by atoms with Crippen LogP contribution >= 0.6 is 27.3 Å². The number of amides is 1. The van der Waals surface area contributed by atoms with Crippen molar-refractivity contribution in [2.24, 2.45) is 0 Å². The number of alkyl halides is 1. The summed E-state index contributed by atoms with van der Waals surface area (Å²) in [6, 6.07) is 3.77. The number of hydrogen-bond acceptors (Lipinski definition) is 2. The fourth-order valence-electron chi connectivity index (χ4n) is 1.61. The van der Waals surface area contributed by atoms with Crippen LogP contribution in [0.2, 0.25) is 0 Å². The Morgan fingerprint density at radius 3 is 2.86 bits per heavy atom. The van der Waals surface area contributed by atoms with Crippen LogP contribution in [0.15, 0.2) is 17.5 Å². The van der Waals surface area contributed by atoms with Crippen LogP contribution in [0, 0.1) is 0 Å². The second-order valence-corrected chi connectivity index (χ2v) is 5.21. The zero-order chi connectivity index (χ0) is 10.0. The molecule has 1 aliphatic carbocycles. The molecule has 0 bridgehead atoms. The minimum absolute atomic E-state index is 0.0288. The van der Waals surface area contributed by atoms with Gasteiger partial charge in [0.05, 0.1) is 10.4 Å². The number of halogens is 1. The molecule has 1 aromatic rings. The molecule has 76 valence electrons. The van der Waals surface area contributed by atoms with Gasteiger partial charge in [0.1, 0.15) is 0 Å². The average molecular weight is 274 g/mol. The van der Waals surface area contributed by atoms with E-state index in [1.54, 1.807) is 0 Å². The van der Waals surface area contributed by atoms with Gasteiger partial charge in [0.15, 0.2) is 0 Å². The molecule has 1 aromatic heterocycles. The maximum absolute atomic E-state index is 11.8. The van der Waals surface area contributed by atoms with Crippen LogP contribution in [0.25, 0.3) is 0 Å². The predicted molar refractivity (Wildman–Crippen MR) is 62.2 cm³/mol. The third-order valence-electron chi connectivity index (χ3n) is 2.69. The molecule has 1 heterocycles. The fourth-order valence-corrected chi connectivity index (χ4v) is 2.93. The van der Waals surface area contributed by atoms with E-state index in [-0.39, 0.29) is 11.4 Å². The van der Waals surface area contributed by atoms with Gasteiger partial charge in [-0.25, -0.2) is 0 Å². The van der Waals surface area contributed by atoms with Gasteiger partial charge >= 0.3 is 0 Å². The fraction of sp³-hybridized carbons (Fsp3) is 0.500. The normalized spacial score (nSPS) is 18.6. The second-order valence-electron chi connectivity index (χ2n) is 3.70. The molecule has 1 amide bonds. The number of hydrogen-bond donors (Lipinski definition) is 1. The van der Waals surface area contributed by atoms with Gasteiger partial charge in [-0.15, -0.1) is 11.3 Å². The van der Waals surface area contributed by atoms with Gasteiger partial charge in [-0.3, -0.25) is 4.79 Å². The van der Waals surface area contributed by atoms with Crippen molar-refractivity contribution in [1.82, 2.24) is 5.32 Å². The highest BCUT2D eigenvalue weighted by Gasteiger charge is 2.37. The molecular formula is C10H12BrNOS. The highest BCUT2D eigenvalue weighted by atomic mass is 79.9. The summed E-state index contributed by atoms with van der Waals surface area (Å²) >= 11 is 4.95. The maximum atomic E-state index is 11.8. The van der Waals surface area contributed by atoms with Crippen molar-refractivity contribution in [3.05, 3.63) is 22.4 Å². The topological polar surface area (TPSA) is 29.1 Å². The van der Waals surface area contributed by atoms with Crippen LogP contribution < -0.4 is 5.32 Å². The summed E-state index contributed by atoms with van der Waals surface area (Å²) in [6.07, 6.45) is 3.40. The predicted octanol–water partition coefficient (Wildman–Crippen LogP) is 2.80. The van der Waals surface area contributed by atoms with Gasteiger partial charge in [-0.1, -0.05) is 22.0 Å². The smallest absolute Gasteiger partial charge is 0.261 e. The van der Waals surface area contributed by atoms with Gasteiger partial charge in [0.25, 0.3) is 5.91 Å². The van der Waals surface area contributed by atoms with E-state index in [1.807, 2.05) is 17.5 Å². The van der Waals surface area contributed by atoms with E-state index in [2.05, 4.69) is 21.2 Å². The largest absolute Gasteiger partial charge is 0.345 e. The molecule has 2 nitrogen and oxygen atoms in total. The van der Waals surface area contributed by atoms with E-state index in [0.29, 0.717) is 0 Å². The lowest BCUT2D eigenvalue weighted by atomic mass is 9.78. The SMILES string of the molecule is O=C(NC1(CBr)CCC1)c1cccs1. The Labute approximate surface area is 95.8 Å². The summed E-state index contributed by atoms with van der Waals surface area (Å²) in [4.78, 5) is 12.6. The molecule has 0 saturated heterocycles. The molecule has 1 aliphatic rings. The monoisotopic (exact) mass is 273 g/mol. The van der Waals surface area contributed by atoms with Gasteiger partial charge in [0, 0.05) is 5.33 Å². The van der Waals surface area contributed by atoms with Crippen LogP contribution in [0.4, 0.5) is 0 Å². The number of rotatable bonds is 3. The summed E-state index contributed by atoms with van der Waals surface area (Å²) in [5.74, 6) is 0.0687. The first-order valence-electron chi connectivity index (χ1n) is 4.68. The van der Waals surface area contributed by atoms with E-state index in [4.69, 9.17) is 0 Å². The number of carbonyl (C=O) groups excluding carboxylic acids is 1. The van der Waals surface area contributed by atoms with E-state index in [1.165, 1.54) is 17.8 Å². The van der Waals surface area contributed by atoms with E-state index in [0.717, 1.165) is 23.0 Å². The molecule has 0 unspecified atom stereocenters. The Morgan fingerprint density at radius 2 is 2.43 bits per heavy atom. The summed E-state index contributed by atoms with van der Waals surface area (Å²) in [5, 5.41) is 5.89. The van der Waals surface area contributed by atoms with Gasteiger partial charge < -0.3 is 5.32 Å². The first kappa shape index (κ1) is 10.2. The molecule has 0 aliphatic heterocycles. The summed E-state index contributed by atoms with van der Waals surface area (Å²) in [7, 11) is 0. The molecule has 1 fully saturated rings. The minimum Gasteiger partial charge on any atom is -0.345 e. The Morgan fingerprint density at radius 1 is 1.64 bits per heavy atom. The standard InChI is InChI=1S/C10H12BrNOS/c11-7-10(4-2-5-10)12-9(13)8-3-1-6-14-8/h1,3,6H,2,4-5,7H2,(H,12,13). The number of thiophene rings is 1. The van der Waals surface area contributed by atoms with E-state index < -0.39 is 0 Å². The average Bonchev–Trinajstić information content (AvgIpc) is 2.63. The van der Waals surface area contributed by atoms with Crippen LogP contribution in [-0.4, -0.2) is 16.8 Å². The maximum Gasteiger partial charge on any atom is 0.261 e. The minimum atomic E-state index is 0.0288. The van der Waals surface area contributed by atoms with E-state index in [9.17, 15) is 4.79 Å². The highest BCUT2D eigenvalue weighted by Crippen LogP contribution is 2.33. The Hall–Kier alpha value is -0.350. The Bertz CT molecular complexity index is 313. The lowest BCUT2D eigenvalue weighted by Crippen LogP contribution is -2.54. The third-order valence-corrected chi connectivity index (χ3v) is 4.63. The first-order valence-corrected chi connectivity index (χ1v) is 6.68. The number of carbonyl (C=O) groups is 1. The molecular weight excluding hydrogens is 262 g/mol. The highest BCUT2D eigenvalue weighted by molar-refractivity contribution is 9.09. The van der Waals surface area contributed by atoms with Crippen molar-refractivity contribution in [2.75, 3.05) is 5.33 Å². The second kappa shape index (κ2) is 4.03. The van der Waals surface area contributed by atoms with Crippen LogP contribution in [-0.2, 0) is 0 Å². The third kappa shape index (κ3) is 1.86.